The molecule has 0 spiro atoms. The molecule has 1 aromatic rings. The number of likely N-dealkylation sites (N-methyl/N-ethyl adjacent to an activating group) is 1. The second-order valence-electron chi connectivity index (χ2n) is 5.21. The maximum atomic E-state index is 12.3. The number of phenolic OH excluding ortho intramolecular Hbond substituents is 1. The van der Waals surface area contributed by atoms with E-state index in [2.05, 4.69) is 0 Å². The Bertz CT molecular complexity index is 504. The molecule has 0 radical (unpaired) electrons. The molecule has 0 bridgehead atoms. The minimum Gasteiger partial charge on any atom is -0.508 e. The summed E-state index contributed by atoms with van der Waals surface area (Å²) in [6.07, 6.45) is 1.08. The van der Waals surface area contributed by atoms with Crippen molar-refractivity contribution in [2.45, 2.75) is 31.3 Å². The molecule has 0 unspecified atom stereocenters. The van der Waals surface area contributed by atoms with E-state index in [1.807, 2.05) is 0 Å². The fraction of sp³-hybridized carbons (Fsp3) is 0.467. The number of hydrogen-bond donors (Lipinski definition) is 4. The van der Waals surface area contributed by atoms with Crippen LogP contribution in [0.4, 0.5) is 0 Å². The van der Waals surface area contributed by atoms with E-state index < -0.39 is 24.0 Å². The second kappa shape index (κ2) is 8.35. The van der Waals surface area contributed by atoms with Gasteiger partial charge >= 0.3 is 5.97 Å². The number of rotatable bonds is 8. The number of nitrogens with zero attached hydrogens (tertiary/aromatic N) is 1. The van der Waals surface area contributed by atoms with Crippen LogP contribution < -0.4 is 11.5 Å². The van der Waals surface area contributed by atoms with Gasteiger partial charge in [-0.05, 0) is 43.5 Å². The number of benzene rings is 1. The molecule has 0 aliphatic heterocycles. The summed E-state index contributed by atoms with van der Waals surface area (Å²) >= 11 is 0. The Labute approximate surface area is 129 Å². The first kappa shape index (κ1) is 17.9. The zero-order chi connectivity index (χ0) is 16.7. The molecule has 7 nitrogen and oxygen atoms in total. The molecule has 1 amide bonds. The third-order valence-electron chi connectivity index (χ3n) is 3.49. The Kier molecular flexibility index (Phi) is 6.81. The zero-order valence-corrected chi connectivity index (χ0v) is 12.6. The number of amides is 1. The summed E-state index contributed by atoms with van der Waals surface area (Å²) < 4.78 is 0. The van der Waals surface area contributed by atoms with Crippen LogP contribution in [0.2, 0.25) is 0 Å². The molecule has 6 N–H and O–H groups in total. The van der Waals surface area contributed by atoms with Gasteiger partial charge in [-0.25, -0.2) is 4.79 Å². The number of carboxylic acid groups (broad SMARTS) is 1. The van der Waals surface area contributed by atoms with E-state index in [9.17, 15) is 19.8 Å². The molecule has 0 saturated carbocycles. The number of aromatic hydroxyl groups is 1. The van der Waals surface area contributed by atoms with Crippen LogP contribution in [0.3, 0.4) is 0 Å². The van der Waals surface area contributed by atoms with Crippen molar-refractivity contribution >= 4 is 11.9 Å². The number of hydrogen-bond acceptors (Lipinski definition) is 5. The monoisotopic (exact) mass is 309 g/mol. The van der Waals surface area contributed by atoms with Crippen LogP contribution in [0, 0.1) is 0 Å². The molecule has 1 rings (SSSR count). The van der Waals surface area contributed by atoms with Crippen molar-refractivity contribution in [2.75, 3.05) is 13.6 Å². The lowest BCUT2D eigenvalue weighted by Crippen LogP contribution is -2.50. The first-order chi connectivity index (χ1) is 10.4. The van der Waals surface area contributed by atoms with Crippen molar-refractivity contribution in [3.05, 3.63) is 29.8 Å². The minimum absolute atomic E-state index is 0.133. The van der Waals surface area contributed by atoms with Crippen molar-refractivity contribution < 1.29 is 19.8 Å². The van der Waals surface area contributed by atoms with Crippen molar-refractivity contribution in [3.8, 4) is 5.75 Å². The quantitative estimate of drug-likeness (QED) is 0.531. The molecule has 7 heteroatoms. The zero-order valence-electron chi connectivity index (χ0n) is 12.6. The van der Waals surface area contributed by atoms with Gasteiger partial charge in [0.25, 0.3) is 0 Å². The maximum Gasteiger partial charge on any atom is 0.326 e. The van der Waals surface area contributed by atoms with E-state index >= 15 is 0 Å². The fourth-order valence-corrected chi connectivity index (χ4v) is 2.18. The lowest BCUT2D eigenvalue weighted by molar-refractivity contribution is -0.149. The van der Waals surface area contributed by atoms with Gasteiger partial charge in [-0.2, -0.15) is 0 Å². The van der Waals surface area contributed by atoms with Crippen molar-refractivity contribution in [1.29, 1.82) is 0 Å². The normalized spacial score (nSPS) is 13.4. The van der Waals surface area contributed by atoms with Gasteiger partial charge in [-0.15, -0.1) is 0 Å². The van der Waals surface area contributed by atoms with E-state index in [1.165, 1.54) is 24.1 Å². The topological polar surface area (TPSA) is 130 Å². The summed E-state index contributed by atoms with van der Waals surface area (Å²) in [5.74, 6) is -1.37. The summed E-state index contributed by atoms with van der Waals surface area (Å²) in [4.78, 5) is 24.7. The van der Waals surface area contributed by atoms with Crippen LogP contribution >= 0.6 is 0 Å². The van der Waals surface area contributed by atoms with Gasteiger partial charge in [0, 0.05) is 7.05 Å². The molecular formula is C15H23N3O4. The van der Waals surface area contributed by atoms with Crippen LogP contribution in [-0.2, 0) is 16.0 Å². The van der Waals surface area contributed by atoms with Crippen LogP contribution in [0.25, 0.3) is 0 Å². The van der Waals surface area contributed by atoms with E-state index in [0.717, 1.165) is 5.56 Å². The Balaban J connectivity index is 2.70. The van der Waals surface area contributed by atoms with Crippen molar-refractivity contribution in [2.24, 2.45) is 11.5 Å². The van der Waals surface area contributed by atoms with E-state index in [4.69, 9.17) is 11.5 Å². The Morgan fingerprint density at radius 1 is 1.27 bits per heavy atom. The molecule has 0 heterocycles. The Hall–Kier alpha value is -2.12. The summed E-state index contributed by atoms with van der Waals surface area (Å²) in [7, 11) is 1.44. The highest BCUT2D eigenvalue weighted by molar-refractivity contribution is 5.86. The first-order valence-electron chi connectivity index (χ1n) is 7.09. The number of nitrogens with two attached hydrogens (primary N) is 2. The minimum atomic E-state index is -1.07. The molecular weight excluding hydrogens is 286 g/mol. The van der Waals surface area contributed by atoms with E-state index in [-0.39, 0.29) is 12.2 Å². The first-order valence-corrected chi connectivity index (χ1v) is 7.09. The third-order valence-corrected chi connectivity index (χ3v) is 3.49. The number of carboxylic acids is 1. The van der Waals surface area contributed by atoms with Gasteiger partial charge in [-0.3, -0.25) is 4.79 Å². The van der Waals surface area contributed by atoms with Crippen LogP contribution in [-0.4, -0.2) is 52.7 Å². The van der Waals surface area contributed by atoms with Gasteiger partial charge in [0.15, 0.2) is 0 Å². The molecule has 1 aromatic carbocycles. The molecule has 0 aliphatic carbocycles. The number of carbonyl (C=O) groups is 2. The second-order valence-corrected chi connectivity index (χ2v) is 5.21. The largest absolute Gasteiger partial charge is 0.508 e. The highest BCUT2D eigenvalue weighted by Gasteiger charge is 2.29. The molecule has 22 heavy (non-hydrogen) atoms. The molecule has 122 valence electrons. The highest BCUT2D eigenvalue weighted by Crippen LogP contribution is 2.13. The van der Waals surface area contributed by atoms with E-state index in [0.29, 0.717) is 19.4 Å². The molecule has 0 aliphatic rings. The third kappa shape index (κ3) is 5.01. The maximum absolute atomic E-state index is 12.3. The summed E-state index contributed by atoms with van der Waals surface area (Å²) in [6.45, 7) is 0.366. The SMILES string of the molecule is CN(C(=O)[C@@H](N)Cc1ccc(O)cc1)[C@H](CCCN)C(=O)O. The molecule has 0 aromatic heterocycles. The highest BCUT2D eigenvalue weighted by atomic mass is 16.4. The lowest BCUT2D eigenvalue weighted by atomic mass is 10.0. The van der Waals surface area contributed by atoms with Gasteiger partial charge < -0.3 is 26.6 Å². The summed E-state index contributed by atoms with van der Waals surface area (Å²) in [5.41, 5.74) is 12.1. The average Bonchev–Trinajstić information content (AvgIpc) is 2.48. The fourth-order valence-electron chi connectivity index (χ4n) is 2.18. The van der Waals surface area contributed by atoms with E-state index in [1.54, 1.807) is 12.1 Å². The van der Waals surface area contributed by atoms with Crippen LogP contribution in [0.15, 0.2) is 24.3 Å². The summed E-state index contributed by atoms with van der Waals surface area (Å²) in [5, 5.41) is 18.4. The predicted molar refractivity (Wildman–Crippen MR) is 82.3 cm³/mol. The van der Waals surface area contributed by atoms with Crippen LogP contribution in [0.1, 0.15) is 18.4 Å². The van der Waals surface area contributed by atoms with Gasteiger partial charge in [0.2, 0.25) is 5.91 Å². The smallest absolute Gasteiger partial charge is 0.326 e. The average molecular weight is 309 g/mol. The molecule has 2 atom stereocenters. The number of phenols is 1. The molecule has 0 saturated heterocycles. The van der Waals surface area contributed by atoms with Crippen molar-refractivity contribution in [3.63, 3.8) is 0 Å². The van der Waals surface area contributed by atoms with Gasteiger partial charge in [0.05, 0.1) is 6.04 Å². The Morgan fingerprint density at radius 2 is 1.86 bits per heavy atom. The Morgan fingerprint density at radius 3 is 2.36 bits per heavy atom. The standard InChI is InChI=1S/C15H23N3O4/c1-18(13(15(21)22)3-2-8-16)14(20)12(17)9-10-4-6-11(19)7-5-10/h4-7,12-13,19H,2-3,8-9,16-17H2,1H3,(H,21,22)/t12-,13+/m0/s1. The van der Waals surface area contributed by atoms with Crippen molar-refractivity contribution in [1.82, 2.24) is 4.90 Å². The van der Waals surface area contributed by atoms with Gasteiger partial charge in [-0.1, -0.05) is 12.1 Å². The number of aliphatic carboxylic acids is 1. The van der Waals surface area contributed by atoms with Gasteiger partial charge in [0.1, 0.15) is 11.8 Å². The van der Waals surface area contributed by atoms with Crippen LogP contribution in [0.5, 0.6) is 5.75 Å². The molecule has 0 fully saturated rings. The number of carbonyl (C=O) groups excluding carboxylic acids is 1. The predicted octanol–water partition coefficient (Wildman–Crippen LogP) is -0.0875. The lowest BCUT2D eigenvalue weighted by Gasteiger charge is -2.27. The summed E-state index contributed by atoms with van der Waals surface area (Å²) in [6, 6.07) is 4.60.